The summed E-state index contributed by atoms with van der Waals surface area (Å²) in [6.45, 7) is 2.51. The van der Waals surface area contributed by atoms with Crippen LogP contribution in [0.4, 0.5) is 17.6 Å². The Kier molecular flexibility index (Phi) is 3.89. The van der Waals surface area contributed by atoms with Crippen LogP contribution in [0.15, 0.2) is 47.2 Å². The quantitative estimate of drug-likeness (QED) is 0.790. The number of pyridine rings is 1. The van der Waals surface area contributed by atoms with Gasteiger partial charge in [-0.2, -0.15) is 10.2 Å². The van der Waals surface area contributed by atoms with Crippen molar-refractivity contribution in [2.45, 2.75) is 6.92 Å². The van der Waals surface area contributed by atoms with E-state index in [4.69, 9.17) is 10.2 Å². The van der Waals surface area contributed by atoms with Crippen LogP contribution in [-0.2, 0) is 0 Å². The maximum absolute atomic E-state index is 9.62. The molecule has 0 amide bonds. The number of hydrogen-bond acceptors (Lipinski definition) is 7. The molecule has 23 heavy (non-hydrogen) atoms. The average molecular weight is 306 g/mol. The van der Waals surface area contributed by atoms with Gasteiger partial charge in [0.2, 0.25) is 5.95 Å². The molecule has 0 aromatic carbocycles. The first-order valence-corrected chi connectivity index (χ1v) is 7.04. The van der Waals surface area contributed by atoms with Gasteiger partial charge in [-0.15, -0.1) is 0 Å². The lowest BCUT2D eigenvalue weighted by atomic mass is 10.1. The summed E-state index contributed by atoms with van der Waals surface area (Å²) in [5.41, 5.74) is 6.50. The van der Waals surface area contributed by atoms with Crippen LogP contribution >= 0.6 is 0 Å². The summed E-state index contributed by atoms with van der Waals surface area (Å²) in [7, 11) is 0. The molecule has 0 atom stereocenters. The minimum Gasteiger partial charge on any atom is -0.463 e. The molecule has 0 unspecified atom stereocenters. The van der Waals surface area contributed by atoms with Crippen molar-refractivity contribution in [2.75, 3.05) is 17.2 Å². The fraction of sp³-hybridized carbons (Fsp3) is 0.125. The lowest BCUT2D eigenvalue weighted by Crippen LogP contribution is -2.21. The van der Waals surface area contributed by atoms with Crippen molar-refractivity contribution in [1.82, 2.24) is 15.0 Å². The Bertz CT molecular complexity index is 839. The van der Waals surface area contributed by atoms with E-state index in [1.54, 1.807) is 18.3 Å². The second-order valence-corrected chi connectivity index (χ2v) is 4.65. The third-order valence-electron chi connectivity index (χ3n) is 3.27. The fourth-order valence-corrected chi connectivity index (χ4v) is 2.29. The van der Waals surface area contributed by atoms with Gasteiger partial charge >= 0.3 is 0 Å². The van der Waals surface area contributed by atoms with E-state index in [0.29, 0.717) is 35.2 Å². The standard InChI is InChI=1S/C16H14N6O/c1-2-22(13-7-3-4-8-19-13)15-11(10-17)14(20-16(18)21-15)12-6-5-9-23-12/h3-9H,2H2,1H3,(H2,18,20,21). The highest BCUT2D eigenvalue weighted by atomic mass is 16.3. The van der Waals surface area contributed by atoms with Gasteiger partial charge in [-0.1, -0.05) is 6.07 Å². The number of furan rings is 1. The number of rotatable bonds is 4. The molecular weight excluding hydrogens is 292 g/mol. The number of nitrogens with two attached hydrogens (primary N) is 1. The molecule has 3 rings (SSSR count). The second-order valence-electron chi connectivity index (χ2n) is 4.65. The third kappa shape index (κ3) is 2.70. The Morgan fingerprint density at radius 2 is 2.13 bits per heavy atom. The minimum atomic E-state index is 0.0692. The predicted molar refractivity (Wildman–Crippen MR) is 85.8 cm³/mol. The molecule has 0 saturated heterocycles. The predicted octanol–water partition coefficient (Wildman–Crippen LogP) is 2.74. The van der Waals surface area contributed by atoms with Crippen molar-refractivity contribution in [1.29, 1.82) is 5.26 Å². The maximum Gasteiger partial charge on any atom is 0.222 e. The first-order valence-electron chi connectivity index (χ1n) is 7.04. The molecule has 114 valence electrons. The first kappa shape index (κ1) is 14.5. The molecule has 0 aliphatic carbocycles. The zero-order valence-electron chi connectivity index (χ0n) is 12.5. The van der Waals surface area contributed by atoms with Gasteiger partial charge in [-0.25, -0.2) is 9.97 Å². The van der Waals surface area contributed by atoms with Crippen molar-refractivity contribution in [2.24, 2.45) is 0 Å². The van der Waals surface area contributed by atoms with Crippen LogP contribution in [0.2, 0.25) is 0 Å². The molecule has 3 aromatic heterocycles. The normalized spacial score (nSPS) is 10.3. The van der Waals surface area contributed by atoms with E-state index in [-0.39, 0.29) is 5.95 Å². The summed E-state index contributed by atoms with van der Waals surface area (Å²) in [5, 5.41) is 9.62. The van der Waals surface area contributed by atoms with E-state index in [1.807, 2.05) is 30.0 Å². The molecule has 0 aliphatic heterocycles. The number of nitrogens with zero attached hydrogens (tertiary/aromatic N) is 5. The van der Waals surface area contributed by atoms with Crippen LogP contribution in [0, 0.1) is 11.3 Å². The van der Waals surface area contributed by atoms with E-state index >= 15 is 0 Å². The monoisotopic (exact) mass is 306 g/mol. The number of nitrogen functional groups attached to an aromatic ring is 1. The summed E-state index contributed by atoms with van der Waals surface area (Å²) >= 11 is 0. The Balaban J connectivity index is 2.21. The van der Waals surface area contributed by atoms with Gasteiger partial charge in [0.1, 0.15) is 23.1 Å². The van der Waals surface area contributed by atoms with Crippen molar-refractivity contribution >= 4 is 17.6 Å². The molecule has 0 bridgehead atoms. The van der Waals surface area contributed by atoms with Gasteiger partial charge < -0.3 is 15.1 Å². The van der Waals surface area contributed by atoms with Crippen LogP contribution in [0.5, 0.6) is 0 Å². The molecule has 0 aliphatic rings. The molecule has 0 spiro atoms. The molecule has 2 N–H and O–H groups in total. The van der Waals surface area contributed by atoms with Gasteiger partial charge in [0.05, 0.1) is 6.26 Å². The van der Waals surface area contributed by atoms with Gasteiger partial charge in [0, 0.05) is 12.7 Å². The summed E-state index contributed by atoms with van der Waals surface area (Å²) in [6, 6.07) is 11.1. The molecule has 0 saturated carbocycles. The highest BCUT2D eigenvalue weighted by Gasteiger charge is 2.22. The van der Waals surface area contributed by atoms with E-state index in [2.05, 4.69) is 21.0 Å². The Morgan fingerprint density at radius 3 is 2.74 bits per heavy atom. The number of hydrogen-bond donors (Lipinski definition) is 1. The SMILES string of the molecule is CCN(c1ccccn1)c1nc(N)nc(-c2ccco2)c1C#N. The Morgan fingerprint density at radius 1 is 1.26 bits per heavy atom. The molecule has 0 radical (unpaired) electrons. The molecule has 3 heterocycles. The molecule has 3 aromatic rings. The van der Waals surface area contributed by atoms with Crippen LogP contribution < -0.4 is 10.6 Å². The first-order chi connectivity index (χ1) is 11.2. The zero-order chi connectivity index (χ0) is 16.2. The summed E-state index contributed by atoms with van der Waals surface area (Å²) in [4.78, 5) is 14.5. The zero-order valence-corrected chi connectivity index (χ0v) is 12.5. The summed E-state index contributed by atoms with van der Waals surface area (Å²) in [6.07, 6.45) is 3.20. The summed E-state index contributed by atoms with van der Waals surface area (Å²) in [5.74, 6) is 1.62. The topological polar surface area (TPSA) is 105 Å². The average Bonchev–Trinajstić information content (AvgIpc) is 3.10. The van der Waals surface area contributed by atoms with Crippen molar-refractivity contribution in [3.8, 4) is 17.5 Å². The lowest BCUT2D eigenvalue weighted by Gasteiger charge is -2.22. The Hall–Kier alpha value is -3.40. The van der Waals surface area contributed by atoms with Crippen molar-refractivity contribution < 1.29 is 4.42 Å². The van der Waals surface area contributed by atoms with E-state index in [9.17, 15) is 5.26 Å². The van der Waals surface area contributed by atoms with E-state index in [1.165, 1.54) is 6.26 Å². The highest BCUT2D eigenvalue weighted by Crippen LogP contribution is 2.31. The van der Waals surface area contributed by atoms with E-state index < -0.39 is 0 Å². The minimum absolute atomic E-state index is 0.0692. The van der Waals surface area contributed by atoms with Gasteiger partial charge in [0.25, 0.3) is 0 Å². The maximum atomic E-state index is 9.62. The number of anilines is 3. The lowest BCUT2D eigenvalue weighted by molar-refractivity contribution is 0.579. The largest absolute Gasteiger partial charge is 0.463 e. The van der Waals surface area contributed by atoms with Crippen LogP contribution in [-0.4, -0.2) is 21.5 Å². The van der Waals surface area contributed by atoms with Gasteiger partial charge in [-0.05, 0) is 31.2 Å². The van der Waals surface area contributed by atoms with Crippen molar-refractivity contribution in [3.63, 3.8) is 0 Å². The Labute approximate surface area is 133 Å². The number of nitriles is 1. The summed E-state index contributed by atoms with van der Waals surface area (Å²) < 4.78 is 5.36. The smallest absolute Gasteiger partial charge is 0.222 e. The third-order valence-corrected chi connectivity index (χ3v) is 3.27. The number of aromatic nitrogens is 3. The van der Waals surface area contributed by atoms with Crippen LogP contribution in [0.25, 0.3) is 11.5 Å². The van der Waals surface area contributed by atoms with Crippen LogP contribution in [0.1, 0.15) is 12.5 Å². The highest BCUT2D eigenvalue weighted by molar-refractivity contribution is 5.74. The molecular formula is C16H14N6O. The molecule has 7 nitrogen and oxygen atoms in total. The molecule has 0 fully saturated rings. The molecule has 7 heteroatoms. The van der Waals surface area contributed by atoms with Crippen molar-refractivity contribution in [3.05, 3.63) is 48.4 Å². The second kappa shape index (κ2) is 6.15. The van der Waals surface area contributed by atoms with Gasteiger partial charge in [-0.3, -0.25) is 0 Å². The van der Waals surface area contributed by atoms with E-state index in [0.717, 1.165) is 0 Å². The van der Waals surface area contributed by atoms with Gasteiger partial charge in [0.15, 0.2) is 11.6 Å². The van der Waals surface area contributed by atoms with Crippen LogP contribution in [0.3, 0.4) is 0 Å². The fourth-order valence-electron chi connectivity index (χ4n) is 2.29.